The molecule has 0 saturated carbocycles. The van der Waals surface area contributed by atoms with Gasteiger partial charge in [-0.3, -0.25) is 10.1 Å². The van der Waals surface area contributed by atoms with Gasteiger partial charge in [0.05, 0.1) is 15.9 Å². The SMILES string of the molecule is CC(C)N(C)S(=O)(=O)c1cccc(C(=O)Nc2nc3ccccc3[nH]2)c1. The van der Waals surface area contributed by atoms with Crippen LogP contribution in [0.25, 0.3) is 11.0 Å². The smallest absolute Gasteiger partial charge is 0.258 e. The van der Waals surface area contributed by atoms with E-state index in [1.165, 1.54) is 23.5 Å². The average molecular weight is 372 g/mol. The minimum absolute atomic E-state index is 0.0750. The van der Waals surface area contributed by atoms with E-state index in [2.05, 4.69) is 15.3 Å². The molecule has 7 nitrogen and oxygen atoms in total. The number of amides is 1. The quantitative estimate of drug-likeness (QED) is 0.720. The van der Waals surface area contributed by atoms with E-state index in [4.69, 9.17) is 0 Å². The number of imidazole rings is 1. The Bertz CT molecular complexity index is 1020. The molecule has 2 N–H and O–H groups in total. The Morgan fingerprint density at radius 2 is 1.88 bits per heavy atom. The number of nitrogens with one attached hydrogen (secondary N) is 2. The molecular formula is C18H20N4O3S. The number of fused-ring (bicyclic) bond motifs is 1. The molecule has 0 atom stereocenters. The molecule has 0 aliphatic heterocycles. The third-order valence-corrected chi connectivity index (χ3v) is 6.15. The number of rotatable bonds is 5. The Morgan fingerprint density at radius 1 is 1.15 bits per heavy atom. The van der Waals surface area contributed by atoms with Gasteiger partial charge in [0.1, 0.15) is 0 Å². The van der Waals surface area contributed by atoms with Crippen LogP contribution < -0.4 is 5.32 Å². The molecule has 0 aliphatic carbocycles. The number of nitrogens with zero attached hydrogens (tertiary/aromatic N) is 2. The van der Waals surface area contributed by atoms with E-state index in [1.54, 1.807) is 26.0 Å². The molecule has 8 heteroatoms. The van der Waals surface area contributed by atoms with Crippen LogP contribution in [0.4, 0.5) is 5.95 Å². The first-order chi connectivity index (χ1) is 12.3. The van der Waals surface area contributed by atoms with Crippen molar-refractivity contribution in [2.24, 2.45) is 0 Å². The number of aromatic nitrogens is 2. The summed E-state index contributed by atoms with van der Waals surface area (Å²) in [5, 5.41) is 2.66. The van der Waals surface area contributed by atoms with Gasteiger partial charge >= 0.3 is 0 Å². The number of carbonyl (C=O) groups is 1. The van der Waals surface area contributed by atoms with Crippen molar-refractivity contribution in [3.63, 3.8) is 0 Å². The summed E-state index contributed by atoms with van der Waals surface area (Å²) in [7, 11) is -2.14. The molecule has 1 amide bonds. The molecule has 0 bridgehead atoms. The van der Waals surface area contributed by atoms with Crippen molar-refractivity contribution < 1.29 is 13.2 Å². The fourth-order valence-electron chi connectivity index (χ4n) is 2.43. The highest BCUT2D eigenvalue weighted by atomic mass is 32.2. The normalized spacial score (nSPS) is 12.0. The van der Waals surface area contributed by atoms with Gasteiger partial charge in [0.2, 0.25) is 16.0 Å². The minimum atomic E-state index is -3.66. The Balaban J connectivity index is 1.86. The Hall–Kier alpha value is -2.71. The molecule has 3 rings (SSSR count). The number of hydrogen-bond donors (Lipinski definition) is 2. The van der Waals surface area contributed by atoms with Crippen molar-refractivity contribution in [2.75, 3.05) is 12.4 Å². The van der Waals surface area contributed by atoms with Crippen LogP contribution in [-0.4, -0.2) is 41.7 Å². The lowest BCUT2D eigenvalue weighted by Gasteiger charge is -2.21. The van der Waals surface area contributed by atoms with Crippen LogP contribution >= 0.6 is 0 Å². The Labute approximate surface area is 152 Å². The highest BCUT2D eigenvalue weighted by Gasteiger charge is 2.24. The predicted molar refractivity (Wildman–Crippen MR) is 101 cm³/mol. The Kier molecular flexibility index (Phi) is 4.80. The molecule has 0 unspecified atom stereocenters. The lowest BCUT2D eigenvalue weighted by Crippen LogP contribution is -2.33. The summed E-state index contributed by atoms with van der Waals surface area (Å²) >= 11 is 0. The van der Waals surface area contributed by atoms with E-state index in [0.717, 1.165) is 11.0 Å². The molecule has 0 radical (unpaired) electrons. The van der Waals surface area contributed by atoms with Crippen molar-refractivity contribution in [3.8, 4) is 0 Å². The van der Waals surface area contributed by atoms with Gasteiger partial charge in [0.15, 0.2) is 0 Å². The fraction of sp³-hybridized carbons (Fsp3) is 0.222. The maximum Gasteiger partial charge on any atom is 0.258 e. The van der Waals surface area contributed by atoms with Crippen molar-refractivity contribution in [2.45, 2.75) is 24.8 Å². The van der Waals surface area contributed by atoms with Crippen LogP contribution in [0.5, 0.6) is 0 Å². The van der Waals surface area contributed by atoms with Gasteiger partial charge in [-0.25, -0.2) is 13.4 Å². The molecule has 0 fully saturated rings. The summed E-state index contributed by atoms with van der Waals surface area (Å²) in [6.45, 7) is 3.57. The molecule has 2 aromatic carbocycles. The van der Waals surface area contributed by atoms with Crippen LogP contribution in [0, 0.1) is 0 Å². The molecule has 1 heterocycles. The van der Waals surface area contributed by atoms with Gasteiger partial charge in [-0.05, 0) is 44.2 Å². The molecule has 0 spiro atoms. The fourth-order valence-corrected chi connectivity index (χ4v) is 3.85. The number of anilines is 1. The standard InChI is InChI=1S/C18H20N4O3S/c1-12(2)22(3)26(24,25)14-8-6-7-13(11-14)17(23)21-18-19-15-9-4-5-10-16(15)20-18/h4-12H,1-3H3,(H2,19,20,21,23). The summed E-state index contributed by atoms with van der Waals surface area (Å²) in [6.07, 6.45) is 0. The highest BCUT2D eigenvalue weighted by molar-refractivity contribution is 7.89. The lowest BCUT2D eigenvalue weighted by molar-refractivity contribution is 0.102. The molecule has 26 heavy (non-hydrogen) atoms. The maximum atomic E-state index is 12.6. The minimum Gasteiger partial charge on any atom is -0.324 e. The van der Waals surface area contributed by atoms with Crippen molar-refractivity contribution in [3.05, 3.63) is 54.1 Å². The first kappa shape index (κ1) is 18.1. The molecule has 1 aromatic heterocycles. The molecular weight excluding hydrogens is 352 g/mol. The highest BCUT2D eigenvalue weighted by Crippen LogP contribution is 2.19. The van der Waals surface area contributed by atoms with E-state index in [0.29, 0.717) is 5.95 Å². The summed E-state index contributed by atoms with van der Waals surface area (Å²) < 4.78 is 26.5. The lowest BCUT2D eigenvalue weighted by atomic mass is 10.2. The van der Waals surface area contributed by atoms with Crippen molar-refractivity contribution in [1.82, 2.24) is 14.3 Å². The van der Waals surface area contributed by atoms with Crippen LogP contribution in [0.15, 0.2) is 53.4 Å². The zero-order valence-corrected chi connectivity index (χ0v) is 15.5. The zero-order valence-electron chi connectivity index (χ0n) is 14.7. The van der Waals surface area contributed by atoms with Crippen LogP contribution in [-0.2, 0) is 10.0 Å². The number of H-pyrrole nitrogens is 1. The second kappa shape index (κ2) is 6.89. The third-order valence-electron chi connectivity index (χ3n) is 4.12. The summed E-state index contributed by atoms with van der Waals surface area (Å²) in [4.78, 5) is 19.9. The van der Waals surface area contributed by atoms with Crippen molar-refractivity contribution >= 4 is 32.9 Å². The number of para-hydroxylation sites is 2. The van der Waals surface area contributed by atoms with Crippen LogP contribution in [0.3, 0.4) is 0 Å². The Morgan fingerprint density at radius 3 is 2.58 bits per heavy atom. The predicted octanol–water partition coefficient (Wildman–Crippen LogP) is 2.84. The van der Waals surface area contributed by atoms with E-state index in [1.807, 2.05) is 24.3 Å². The second-order valence-electron chi connectivity index (χ2n) is 6.20. The van der Waals surface area contributed by atoms with E-state index >= 15 is 0 Å². The second-order valence-corrected chi connectivity index (χ2v) is 8.20. The topological polar surface area (TPSA) is 95.2 Å². The number of hydrogen-bond acceptors (Lipinski definition) is 4. The largest absolute Gasteiger partial charge is 0.324 e. The van der Waals surface area contributed by atoms with Gasteiger partial charge in [-0.2, -0.15) is 4.31 Å². The van der Waals surface area contributed by atoms with Gasteiger partial charge in [-0.15, -0.1) is 0 Å². The summed E-state index contributed by atoms with van der Waals surface area (Å²) in [6, 6.07) is 13.2. The maximum absolute atomic E-state index is 12.6. The van der Waals surface area contributed by atoms with E-state index < -0.39 is 15.9 Å². The van der Waals surface area contributed by atoms with Gasteiger partial charge < -0.3 is 4.98 Å². The number of sulfonamides is 1. The third kappa shape index (κ3) is 3.47. The average Bonchev–Trinajstić information content (AvgIpc) is 3.03. The number of aromatic amines is 1. The van der Waals surface area contributed by atoms with Crippen LogP contribution in [0.1, 0.15) is 24.2 Å². The first-order valence-corrected chi connectivity index (χ1v) is 9.57. The zero-order chi connectivity index (χ0) is 18.9. The summed E-state index contributed by atoms with van der Waals surface area (Å²) in [5.74, 6) is -0.128. The van der Waals surface area contributed by atoms with Crippen LogP contribution in [0.2, 0.25) is 0 Å². The number of benzene rings is 2. The van der Waals surface area contributed by atoms with Gasteiger partial charge in [-0.1, -0.05) is 18.2 Å². The molecule has 136 valence electrons. The monoisotopic (exact) mass is 372 g/mol. The molecule has 0 aliphatic rings. The first-order valence-electron chi connectivity index (χ1n) is 8.13. The van der Waals surface area contributed by atoms with Gasteiger partial charge in [0.25, 0.3) is 5.91 Å². The summed E-state index contributed by atoms with van der Waals surface area (Å²) in [5.41, 5.74) is 1.78. The van der Waals surface area contributed by atoms with Gasteiger partial charge in [0, 0.05) is 18.7 Å². The van der Waals surface area contributed by atoms with E-state index in [9.17, 15) is 13.2 Å². The molecule has 0 saturated heterocycles. The number of carbonyl (C=O) groups excluding carboxylic acids is 1. The van der Waals surface area contributed by atoms with Crippen molar-refractivity contribution in [1.29, 1.82) is 0 Å². The molecule has 3 aromatic rings. The van der Waals surface area contributed by atoms with E-state index in [-0.39, 0.29) is 16.5 Å².